The lowest BCUT2D eigenvalue weighted by atomic mass is 9.97. The van der Waals surface area contributed by atoms with E-state index in [2.05, 4.69) is 12.2 Å². The van der Waals surface area contributed by atoms with Crippen molar-refractivity contribution in [3.8, 4) is 0 Å². The minimum absolute atomic E-state index is 0.114. The number of nitrogens with one attached hydrogen (secondary N) is 1. The highest BCUT2D eigenvalue weighted by Gasteiger charge is 2.10. The van der Waals surface area contributed by atoms with Crippen molar-refractivity contribution in [1.82, 2.24) is 5.32 Å². The van der Waals surface area contributed by atoms with E-state index in [9.17, 15) is 4.79 Å². The van der Waals surface area contributed by atoms with Crippen LogP contribution >= 0.6 is 11.8 Å². The van der Waals surface area contributed by atoms with Crippen LogP contribution in [0.15, 0.2) is 24.3 Å². The van der Waals surface area contributed by atoms with Crippen LogP contribution in [0.1, 0.15) is 24.8 Å². The highest BCUT2D eigenvalue weighted by atomic mass is 32.2. The molecule has 1 aromatic carbocycles. The van der Waals surface area contributed by atoms with E-state index in [1.165, 1.54) is 0 Å². The molecule has 0 spiro atoms. The van der Waals surface area contributed by atoms with Gasteiger partial charge < -0.3 is 11.1 Å². The summed E-state index contributed by atoms with van der Waals surface area (Å²) in [7, 11) is 0. The summed E-state index contributed by atoms with van der Waals surface area (Å²) in [5.41, 5.74) is 7.53. The van der Waals surface area contributed by atoms with E-state index in [1.54, 1.807) is 11.8 Å². The Morgan fingerprint density at radius 1 is 1.41 bits per heavy atom. The Kier molecular flexibility index (Phi) is 5.91. The number of rotatable bonds is 6. The fourth-order valence-electron chi connectivity index (χ4n) is 1.59. The average molecular weight is 252 g/mol. The molecular weight excluding hydrogens is 232 g/mol. The van der Waals surface area contributed by atoms with Crippen LogP contribution in [0.5, 0.6) is 0 Å². The van der Waals surface area contributed by atoms with Crippen LogP contribution in [-0.4, -0.2) is 24.5 Å². The third-order valence-electron chi connectivity index (χ3n) is 2.63. The average Bonchev–Trinajstić information content (AvgIpc) is 2.30. The lowest BCUT2D eigenvalue weighted by Crippen LogP contribution is -2.26. The Morgan fingerprint density at radius 3 is 2.65 bits per heavy atom. The molecule has 17 heavy (non-hydrogen) atoms. The number of carbonyl (C=O) groups is 1. The summed E-state index contributed by atoms with van der Waals surface area (Å²) < 4.78 is 0. The van der Waals surface area contributed by atoms with Gasteiger partial charge in [0.15, 0.2) is 0 Å². The maximum atomic E-state index is 11.6. The van der Waals surface area contributed by atoms with Gasteiger partial charge >= 0.3 is 0 Å². The van der Waals surface area contributed by atoms with Crippen molar-refractivity contribution in [3.05, 3.63) is 29.8 Å². The van der Waals surface area contributed by atoms with Gasteiger partial charge in [-0.3, -0.25) is 4.79 Å². The van der Waals surface area contributed by atoms with Crippen LogP contribution in [0.3, 0.4) is 0 Å². The highest BCUT2D eigenvalue weighted by molar-refractivity contribution is 7.98. The molecule has 4 heteroatoms. The van der Waals surface area contributed by atoms with Gasteiger partial charge in [0.25, 0.3) is 0 Å². The molecule has 0 aromatic heterocycles. The molecule has 1 aromatic rings. The normalized spacial score (nSPS) is 12.1. The summed E-state index contributed by atoms with van der Waals surface area (Å²) in [5.74, 6) is 1.30. The van der Waals surface area contributed by atoms with Crippen molar-refractivity contribution in [2.75, 3.05) is 24.3 Å². The molecule has 94 valence electrons. The fourth-order valence-corrected chi connectivity index (χ4v) is 1.89. The van der Waals surface area contributed by atoms with Gasteiger partial charge in [0.2, 0.25) is 5.91 Å². The van der Waals surface area contributed by atoms with E-state index < -0.39 is 0 Å². The molecular formula is C13H20N2OS. The molecule has 0 aliphatic rings. The molecule has 1 atom stereocenters. The quantitative estimate of drug-likeness (QED) is 0.603. The number of nitrogens with two attached hydrogens (primary N) is 1. The minimum atomic E-state index is 0.114. The second-order valence-electron chi connectivity index (χ2n) is 4.11. The van der Waals surface area contributed by atoms with Crippen molar-refractivity contribution in [2.24, 2.45) is 0 Å². The number of carbonyl (C=O) groups excluding carboxylic acids is 1. The van der Waals surface area contributed by atoms with Crippen molar-refractivity contribution in [1.29, 1.82) is 0 Å². The van der Waals surface area contributed by atoms with Gasteiger partial charge in [0.05, 0.1) is 0 Å². The third-order valence-corrected chi connectivity index (χ3v) is 3.24. The lowest BCUT2D eigenvalue weighted by molar-refractivity contribution is -0.121. The van der Waals surface area contributed by atoms with Crippen LogP contribution in [0.2, 0.25) is 0 Å². The molecule has 0 bridgehead atoms. The first-order valence-corrected chi connectivity index (χ1v) is 7.14. The van der Waals surface area contributed by atoms with Gasteiger partial charge in [0, 0.05) is 24.4 Å². The van der Waals surface area contributed by atoms with Crippen LogP contribution in [0.4, 0.5) is 5.69 Å². The number of nitrogen functional groups attached to an aromatic ring is 1. The van der Waals surface area contributed by atoms with Gasteiger partial charge in [-0.25, -0.2) is 0 Å². The number of hydrogen-bond acceptors (Lipinski definition) is 3. The van der Waals surface area contributed by atoms with Crippen molar-refractivity contribution in [3.63, 3.8) is 0 Å². The maximum absolute atomic E-state index is 11.6. The number of benzene rings is 1. The Labute approximate surface area is 107 Å². The lowest BCUT2D eigenvalue weighted by Gasteiger charge is -2.12. The van der Waals surface area contributed by atoms with E-state index in [-0.39, 0.29) is 11.8 Å². The molecule has 0 saturated heterocycles. The van der Waals surface area contributed by atoms with Crippen molar-refractivity contribution >= 4 is 23.4 Å². The third kappa shape index (κ3) is 5.13. The molecule has 0 heterocycles. The standard InChI is InChI=1S/C13H20N2OS/c1-10(9-13(16)15-7-8-17-2)11-3-5-12(14)6-4-11/h3-6,10H,7-9,14H2,1-2H3,(H,15,16). The highest BCUT2D eigenvalue weighted by Crippen LogP contribution is 2.19. The topological polar surface area (TPSA) is 55.1 Å². The fraction of sp³-hybridized carbons (Fsp3) is 0.462. The molecule has 1 rings (SSSR count). The molecule has 0 aliphatic carbocycles. The molecule has 0 radical (unpaired) electrons. The Hall–Kier alpha value is -1.16. The second-order valence-corrected chi connectivity index (χ2v) is 5.10. The van der Waals surface area contributed by atoms with E-state index in [0.29, 0.717) is 6.42 Å². The molecule has 1 unspecified atom stereocenters. The summed E-state index contributed by atoms with van der Waals surface area (Å²) in [5, 5.41) is 2.91. The van der Waals surface area contributed by atoms with E-state index in [1.807, 2.05) is 30.5 Å². The van der Waals surface area contributed by atoms with E-state index >= 15 is 0 Å². The summed E-state index contributed by atoms with van der Waals surface area (Å²) >= 11 is 1.73. The van der Waals surface area contributed by atoms with E-state index in [0.717, 1.165) is 23.5 Å². The predicted molar refractivity (Wildman–Crippen MR) is 75.3 cm³/mol. The summed E-state index contributed by atoms with van der Waals surface area (Å²) in [6.45, 7) is 2.80. The van der Waals surface area contributed by atoms with Gasteiger partial charge in [-0.05, 0) is 29.9 Å². The van der Waals surface area contributed by atoms with Gasteiger partial charge in [0.1, 0.15) is 0 Å². The zero-order valence-electron chi connectivity index (χ0n) is 10.4. The van der Waals surface area contributed by atoms with Crippen LogP contribution in [0.25, 0.3) is 0 Å². The van der Waals surface area contributed by atoms with Gasteiger partial charge in [-0.15, -0.1) is 0 Å². The predicted octanol–water partition coefficient (Wildman–Crippen LogP) is 2.24. The molecule has 3 N–H and O–H groups in total. The zero-order chi connectivity index (χ0) is 12.7. The number of amides is 1. The largest absolute Gasteiger partial charge is 0.399 e. The van der Waals surface area contributed by atoms with Gasteiger partial charge in [-0.1, -0.05) is 19.1 Å². The van der Waals surface area contributed by atoms with Gasteiger partial charge in [-0.2, -0.15) is 11.8 Å². The maximum Gasteiger partial charge on any atom is 0.220 e. The van der Waals surface area contributed by atoms with Crippen LogP contribution in [-0.2, 0) is 4.79 Å². The van der Waals surface area contributed by atoms with E-state index in [4.69, 9.17) is 5.73 Å². The first-order chi connectivity index (χ1) is 8.13. The number of thioether (sulfide) groups is 1. The molecule has 0 aliphatic heterocycles. The number of anilines is 1. The first-order valence-electron chi connectivity index (χ1n) is 5.74. The first kappa shape index (κ1) is 13.9. The SMILES string of the molecule is CSCCNC(=O)CC(C)c1ccc(N)cc1. The summed E-state index contributed by atoms with van der Waals surface area (Å²) in [4.78, 5) is 11.6. The summed E-state index contributed by atoms with van der Waals surface area (Å²) in [6.07, 6.45) is 2.56. The minimum Gasteiger partial charge on any atom is -0.399 e. The molecule has 1 amide bonds. The van der Waals surface area contributed by atoms with Crippen molar-refractivity contribution < 1.29 is 4.79 Å². The Morgan fingerprint density at radius 2 is 2.06 bits per heavy atom. The summed E-state index contributed by atoms with van der Waals surface area (Å²) in [6, 6.07) is 7.71. The Bertz CT molecular complexity index is 351. The smallest absolute Gasteiger partial charge is 0.220 e. The molecule has 0 fully saturated rings. The van der Waals surface area contributed by atoms with Crippen molar-refractivity contribution in [2.45, 2.75) is 19.3 Å². The molecule has 3 nitrogen and oxygen atoms in total. The second kappa shape index (κ2) is 7.22. The van der Waals surface area contributed by atoms with Crippen LogP contribution < -0.4 is 11.1 Å². The molecule has 0 saturated carbocycles. The van der Waals surface area contributed by atoms with Crippen LogP contribution in [0, 0.1) is 0 Å². The monoisotopic (exact) mass is 252 g/mol. The number of hydrogen-bond donors (Lipinski definition) is 2. The zero-order valence-corrected chi connectivity index (χ0v) is 11.2. The Balaban J connectivity index is 2.40.